The fraction of sp³-hybridized carbons (Fsp3) is 0.600. The van der Waals surface area contributed by atoms with E-state index in [9.17, 15) is 5.11 Å². The Labute approximate surface area is 133 Å². The van der Waals surface area contributed by atoms with Gasteiger partial charge in [-0.3, -0.25) is 4.90 Å². The van der Waals surface area contributed by atoms with Crippen molar-refractivity contribution in [2.24, 2.45) is 11.8 Å². The zero-order valence-electron chi connectivity index (χ0n) is 11.3. The van der Waals surface area contributed by atoms with Crippen LogP contribution in [0.2, 0.25) is 5.02 Å². The number of aliphatic hydroxyl groups is 1. The first-order valence-electron chi connectivity index (χ1n) is 7.12. The highest BCUT2D eigenvalue weighted by Gasteiger charge is 2.41. The molecular weight excluding hydrogens is 342 g/mol. The van der Waals surface area contributed by atoms with Crippen LogP contribution in [0.4, 0.5) is 0 Å². The van der Waals surface area contributed by atoms with Crippen LogP contribution >= 0.6 is 27.5 Å². The zero-order valence-corrected chi connectivity index (χ0v) is 13.6. The Morgan fingerprint density at radius 3 is 2.95 bits per heavy atom. The average Bonchev–Trinajstić information content (AvgIpc) is 2.95. The number of fused-ring (bicyclic) bond motifs is 1. The second kappa shape index (κ2) is 6.22. The van der Waals surface area contributed by atoms with Crippen molar-refractivity contribution in [3.8, 4) is 5.75 Å². The van der Waals surface area contributed by atoms with Crippen molar-refractivity contribution in [3.63, 3.8) is 0 Å². The van der Waals surface area contributed by atoms with E-state index in [4.69, 9.17) is 16.3 Å². The van der Waals surface area contributed by atoms with Gasteiger partial charge in [0.1, 0.15) is 12.4 Å². The summed E-state index contributed by atoms with van der Waals surface area (Å²) in [5.41, 5.74) is 0. The lowest BCUT2D eigenvalue weighted by Crippen LogP contribution is -2.28. The van der Waals surface area contributed by atoms with Crippen LogP contribution < -0.4 is 4.74 Å². The van der Waals surface area contributed by atoms with E-state index in [-0.39, 0.29) is 6.10 Å². The van der Waals surface area contributed by atoms with Gasteiger partial charge in [-0.2, -0.15) is 0 Å². The molecule has 3 atom stereocenters. The Morgan fingerprint density at radius 2 is 2.20 bits per heavy atom. The van der Waals surface area contributed by atoms with Crippen LogP contribution in [0.1, 0.15) is 12.8 Å². The number of likely N-dealkylation sites (tertiary alicyclic amines) is 1. The normalized spacial score (nSPS) is 29.6. The van der Waals surface area contributed by atoms with Gasteiger partial charge < -0.3 is 9.84 Å². The SMILES string of the molecule is OC1CCC2CN(CCOc3ccc(Cl)cc3Br)CC12. The van der Waals surface area contributed by atoms with Gasteiger partial charge in [0.2, 0.25) is 0 Å². The molecule has 1 aromatic carbocycles. The van der Waals surface area contributed by atoms with Crippen molar-refractivity contribution < 1.29 is 9.84 Å². The molecule has 0 aromatic heterocycles. The molecule has 3 nitrogen and oxygen atoms in total. The lowest BCUT2D eigenvalue weighted by Gasteiger charge is -2.18. The highest BCUT2D eigenvalue weighted by atomic mass is 79.9. The van der Waals surface area contributed by atoms with Gasteiger partial charge in [0.15, 0.2) is 0 Å². The molecule has 1 aliphatic carbocycles. The van der Waals surface area contributed by atoms with E-state index in [0.29, 0.717) is 23.5 Å². The predicted octanol–water partition coefficient (Wildman–Crippen LogP) is 3.18. The molecule has 110 valence electrons. The first-order valence-corrected chi connectivity index (χ1v) is 8.29. The van der Waals surface area contributed by atoms with Crippen molar-refractivity contribution in [1.29, 1.82) is 0 Å². The predicted molar refractivity (Wildman–Crippen MR) is 83.3 cm³/mol. The van der Waals surface area contributed by atoms with Crippen LogP contribution in [0, 0.1) is 11.8 Å². The second-order valence-electron chi connectivity index (χ2n) is 5.75. The summed E-state index contributed by atoms with van der Waals surface area (Å²) in [5, 5.41) is 10.6. The lowest BCUT2D eigenvalue weighted by atomic mass is 10.00. The molecule has 0 radical (unpaired) electrons. The van der Waals surface area contributed by atoms with E-state index in [1.54, 1.807) is 0 Å². The monoisotopic (exact) mass is 359 g/mol. The molecule has 0 bridgehead atoms. The number of ether oxygens (including phenoxy) is 1. The largest absolute Gasteiger partial charge is 0.491 e. The highest BCUT2D eigenvalue weighted by molar-refractivity contribution is 9.10. The molecule has 2 aliphatic rings. The fourth-order valence-electron chi connectivity index (χ4n) is 3.39. The Balaban J connectivity index is 1.47. The van der Waals surface area contributed by atoms with E-state index in [0.717, 1.165) is 36.3 Å². The molecular formula is C15H19BrClNO2. The van der Waals surface area contributed by atoms with Gasteiger partial charge in [0, 0.05) is 30.6 Å². The van der Waals surface area contributed by atoms with E-state index >= 15 is 0 Å². The number of hydrogen-bond acceptors (Lipinski definition) is 3. The maximum Gasteiger partial charge on any atom is 0.133 e. The van der Waals surface area contributed by atoms with Crippen LogP contribution in [0.5, 0.6) is 5.75 Å². The Morgan fingerprint density at radius 1 is 1.35 bits per heavy atom. The van der Waals surface area contributed by atoms with Crippen LogP contribution in [0.25, 0.3) is 0 Å². The topological polar surface area (TPSA) is 32.7 Å². The number of rotatable bonds is 4. The van der Waals surface area contributed by atoms with Gasteiger partial charge in [0.25, 0.3) is 0 Å². The van der Waals surface area contributed by atoms with Gasteiger partial charge in [0.05, 0.1) is 10.6 Å². The molecule has 1 aliphatic heterocycles. The van der Waals surface area contributed by atoms with Crippen LogP contribution in [-0.4, -0.2) is 42.4 Å². The van der Waals surface area contributed by atoms with Gasteiger partial charge >= 0.3 is 0 Å². The molecule has 0 amide bonds. The molecule has 1 N–H and O–H groups in total. The molecule has 3 unspecified atom stereocenters. The average molecular weight is 361 g/mol. The van der Waals surface area contributed by atoms with Crippen molar-refractivity contribution in [2.45, 2.75) is 18.9 Å². The number of hydrogen-bond donors (Lipinski definition) is 1. The van der Waals surface area contributed by atoms with Gasteiger partial charge in [-0.25, -0.2) is 0 Å². The summed E-state index contributed by atoms with van der Waals surface area (Å²) >= 11 is 9.36. The zero-order chi connectivity index (χ0) is 14.1. The van der Waals surface area contributed by atoms with Gasteiger partial charge in [-0.05, 0) is 52.9 Å². The van der Waals surface area contributed by atoms with E-state index in [1.165, 1.54) is 6.42 Å². The summed E-state index contributed by atoms with van der Waals surface area (Å²) in [6, 6.07) is 5.56. The molecule has 20 heavy (non-hydrogen) atoms. The van der Waals surface area contributed by atoms with E-state index < -0.39 is 0 Å². The minimum Gasteiger partial charge on any atom is -0.491 e. The van der Waals surface area contributed by atoms with Crippen LogP contribution in [0.3, 0.4) is 0 Å². The highest BCUT2D eigenvalue weighted by Crippen LogP contribution is 2.37. The standard InChI is InChI=1S/C15H19BrClNO2/c16-13-7-11(17)2-4-15(13)20-6-5-18-8-10-1-3-14(19)12(10)9-18/h2,4,7,10,12,14,19H,1,3,5-6,8-9H2. The molecule has 1 saturated carbocycles. The molecule has 1 heterocycles. The smallest absolute Gasteiger partial charge is 0.133 e. The quantitative estimate of drug-likeness (QED) is 0.895. The number of benzene rings is 1. The summed E-state index contributed by atoms with van der Waals surface area (Å²) in [6.07, 6.45) is 2.07. The minimum atomic E-state index is -0.0867. The van der Waals surface area contributed by atoms with E-state index in [1.807, 2.05) is 18.2 Å². The van der Waals surface area contributed by atoms with Crippen molar-refractivity contribution in [2.75, 3.05) is 26.2 Å². The minimum absolute atomic E-state index is 0.0867. The van der Waals surface area contributed by atoms with Crippen molar-refractivity contribution in [3.05, 3.63) is 27.7 Å². The summed E-state index contributed by atoms with van der Waals surface area (Å²) < 4.78 is 6.68. The van der Waals surface area contributed by atoms with Gasteiger partial charge in [-0.1, -0.05) is 11.6 Å². The maximum absolute atomic E-state index is 9.91. The van der Waals surface area contributed by atoms with Crippen LogP contribution in [-0.2, 0) is 0 Å². The first-order chi connectivity index (χ1) is 9.63. The Kier molecular flexibility index (Phi) is 4.55. The fourth-order valence-corrected chi connectivity index (χ4v) is 4.19. The summed E-state index contributed by atoms with van der Waals surface area (Å²) in [6.45, 7) is 3.69. The Hall–Kier alpha value is -0.290. The first kappa shape index (κ1) is 14.6. The number of aliphatic hydroxyl groups excluding tert-OH is 1. The summed E-state index contributed by atoms with van der Waals surface area (Å²) in [4.78, 5) is 2.40. The molecule has 0 spiro atoms. The molecule has 1 saturated heterocycles. The van der Waals surface area contributed by atoms with E-state index in [2.05, 4.69) is 20.8 Å². The lowest BCUT2D eigenvalue weighted by molar-refractivity contribution is 0.122. The number of halogens is 2. The second-order valence-corrected chi connectivity index (χ2v) is 7.04. The Bertz CT molecular complexity index is 485. The van der Waals surface area contributed by atoms with Crippen molar-refractivity contribution >= 4 is 27.5 Å². The molecule has 1 aromatic rings. The summed E-state index contributed by atoms with van der Waals surface area (Å²) in [7, 11) is 0. The van der Waals surface area contributed by atoms with Crippen molar-refractivity contribution in [1.82, 2.24) is 4.90 Å². The summed E-state index contributed by atoms with van der Waals surface area (Å²) in [5.74, 6) is 2.00. The van der Waals surface area contributed by atoms with Crippen LogP contribution in [0.15, 0.2) is 22.7 Å². The third kappa shape index (κ3) is 3.14. The molecule has 3 rings (SSSR count). The maximum atomic E-state index is 9.91. The van der Waals surface area contributed by atoms with Gasteiger partial charge in [-0.15, -0.1) is 0 Å². The number of nitrogens with zero attached hydrogens (tertiary/aromatic N) is 1. The third-order valence-electron chi connectivity index (χ3n) is 4.45. The molecule has 2 fully saturated rings. The third-order valence-corrected chi connectivity index (χ3v) is 5.31. The molecule has 5 heteroatoms.